The summed E-state index contributed by atoms with van der Waals surface area (Å²) in [5, 5.41) is 14.6. The van der Waals surface area contributed by atoms with Crippen LogP contribution >= 0.6 is 0 Å². The zero-order chi connectivity index (χ0) is 15.4. The Hall–Kier alpha value is -2.08. The summed E-state index contributed by atoms with van der Waals surface area (Å²) in [6.07, 6.45) is 1.54. The summed E-state index contributed by atoms with van der Waals surface area (Å²) in [5.41, 5.74) is 7.73. The van der Waals surface area contributed by atoms with Gasteiger partial charge in [0, 0.05) is 17.9 Å². The molecule has 0 spiro atoms. The Labute approximate surface area is 124 Å². The summed E-state index contributed by atoms with van der Waals surface area (Å²) in [6, 6.07) is 5.28. The molecule has 2 unspecified atom stereocenters. The summed E-state index contributed by atoms with van der Waals surface area (Å²) in [5.74, 6) is -0.151. The van der Waals surface area contributed by atoms with Crippen LogP contribution in [0.3, 0.4) is 0 Å². The molecule has 1 fully saturated rings. The van der Waals surface area contributed by atoms with Crippen LogP contribution in [0.4, 0.5) is 5.69 Å². The number of aryl methyl sites for hydroxylation is 1. The largest absolute Gasteiger partial charge is 0.409 e. The second-order valence-corrected chi connectivity index (χ2v) is 5.22. The Morgan fingerprint density at radius 2 is 2.33 bits per heavy atom. The normalized spacial score (nSPS) is 22.3. The summed E-state index contributed by atoms with van der Waals surface area (Å²) < 4.78 is 5.55. The monoisotopic (exact) mass is 291 g/mol. The van der Waals surface area contributed by atoms with Crippen LogP contribution in [0.25, 0.3) is 0 Å². The first-order chi connectivity index (χ1) is 10.1. The molecule has 0 saturated carbocycles. The molecule has 1 heterocycles. The van der Waals surface area contributed by atoms with Gasteiger partial charge in [0.25, 0.3) is 0 Å². The van der Waals surface area contributed by atoms with Crippen molar-refractivity contribution in [2.75, 3.05) is 11.9 Å². The number of carbonyl (C=O) groups is 1. The average Bonchev–Trinajstić information content (AvgIpc) is 2.97. The second-order valence-electron chi connectivity index (χ2n) is 5.22. The molecule has 2 atom stereocenters. The fourth-order valence-electron chi connectivity index (χ4n) is 2.55. The number of nitrogens with one attached hydrogen (secondary N) is 1. The molecule has 2 rings (SSSR count). The maximum atomic E-state index is 12.4. The third-order valence-electron chi connectivity index (χ3n) is 3.85. The summed E-state index contributed by atoms with van der Waals surface area (Å²) in [7, 11) is 0. The highest BCUT2D eigenvalue weighted by atomic mass is 16.5. The van der Waals surface area contributed by atoms with E-state index in [1.54, 1.807) is 12.1 Å². The maximum absolute atomic E-state index is 12.4. The molecule has 4 N–H and O–H groups in total. The molecule has 6 nitrogen and oxygen atoms in total. The van der Waals surface area contributed by atoms with Crippen molar-refractivity contribution in [3.8, 4) is 0 Å². The van der Waals surface area contributed by atoms with E-state index in [0.29, 0.717) is 17.9 Å². The number of amides is 1. The minimum atomic E-state index is -0.123. The molecule has 1 saturated heterocycles. The van der Waals surface area contributed by atoms with Crippen molar-refractivity contribution in [3.63, 3.8) is 0 Å². The van der Waals surface area contributed by atoms with Crippen LogP contribution in [-0.2, 0) is 9.53 Å². The first-order valence-electron chi connectivity index (χ1n) is 7.07. The second kappa shape index (κ2) is 6.58. The molecule has 6 heteroatoms. The number of hydrogen-bond acceptors (Lipinski definition) is 4. The average molecular weight is 291 g/mol. The van der Waals surface area contributed by atoms with Crippen LogP contribution < -0.4 is 11.1 Å². The standard InChI is InChI=1S/C15H21N3O3/c1-3-13-11(6-7-21-13)15(19)17-12-8-10(14(16)18-20)5-4-9(12)2/h4-5,8,11,13,20H,3,6-7H2,1-2H3,(H2,16,18)(H,17,19). The predicted molar refractivity (Wildman–Crippen MR) is 80.5 cm³/mol. The lowest BCUT2D eigenvalue weighted by atomic mass is 9.98. The molecule has 1 aromatic rings. The molecule has 21 heavy (non-hydrogen) atoms. The van der Waals surface area contributed by atoms with Gasteiger partial charge in [0.15, 0.2) is 5.84 Å². The molecule has 1 aliphatic rings. The van der Waals surface area contributed by atoms with Crippen molar-refractivity contribution in [1.82, 2.24) is 0 Å². The van der Waals surface area contributed by atoms with Crippen molar-refractivity contribution in [2.24, 2.45) is 16.8 Å². The van der Waals surface area contributed by atoms with Gasteiger partial charge >= 0.3 is 0 Å². The third-order valence-corrected chi connectivity index (χ3v) is 3.85. The number of benzene rings is 1. The Morgan fingerprint density at radius 1 is 1.57 bits per heavy atom. The molecule has 114 valence electrons. The number of anilines is 1. The lowest BCUT2D eigenvalue weighted by molar-refractivity contribution is -0.121. The molecule has 0 radical (unpaired) electrons. The minimum absolute atomic E-state index is 0.0149. The molecule has 0 bridgehead atoms. The van der Waals surface area contributed by atoms with Crippen molar-refractivity contribution >= 4 is 17.4 Å². The number of ether oxygens (including phenoxy) is 1. The van der Waals surface area contributed by atoms with Gasteiger partial charge in [-0.2, -0.15) is 0 Å². The van der Waals surface area contributed by atoms with E-state index in [2.05, 4.69) is 10.5 Å². The lowest BCUT2D eigenvalue weighted by Gasteiger charge is -2.17. The van der Waals surface area contributed by atoms with Crippen LogP contribution in [0.1, 0.15) is 30.9 Å². The van der Waals surface area contributed by atoms with E-state index in [4.69, 9.17) is 15.7 Å². The van der Waals surface area contributed by atoms with Gasteiger partial charge in [-0.05, 0) is 31.4 Å². The van der Waals surface area contributed by atoms with Gasteiger partial charge in [-0.1, -0.05) is 24.2 Å². The first-order valence-corrected chi connectivity index (χ1v) is 7.07. The topological polar surface area (TPSA) is 96.9 Å². The van der Waals surface area contributed by atoms with E-state index in [0.717, 1.165) is 18.4 Å². The van der Waals surface area contributed by atoms with Gasteiger partial charge in [0.1, 0.15) is 0 Å². The Kier molecular flexibility index (Phi) is 4.80. The summed E-state index contributed by atoms with van der Waals surface area (Å²) in [4.78, 5) is 12.4. The quantitative estimate of drug-likeness (QED) is 0.341. The van der Waals surface area contributed by atoms with Crippen molar-refractivity contribution in [3.05, 3.63) is 29.3 Å². The van der Waals surface area contributed by atoms with Crippen LogP contribution in [0, 0.1) is 12.8 Å². The first kappa shape index (κ1) is 15.3. The van der Waals surface area contributed by atoms with E-state index in [1.807, 2.05) is 19.9 Å². The fraction of sp³-hybridized carbons (Fsp3) is 0.467. The van der Waals surface area contributed by atoms with Gasteiger partial charge in [0.2, 0.25) is 5.91 Å². The molecule has 1 aromatic carbocycles. The Morgan fingerprint density at radius 3 is 3.00 bits per heavy atom. The van der Waals surface area contributed by atoms with Crippen molar-refractivity contribution in [2.45, 2.75) is 32.8 Å². The van der Waals surface area contributed by atoms with Gasteiger partial charge < -0.3 is 21.0 Å². The number of hydrogen-bond donors (Lipinski definition) is 3. The molecule has 1 amide bonds. The van der Waals surface area contributed by atoms with E-state index in [1.165, 1.54) is 0 Å². The van der Waals surface area contributed by atoms with E-state index < -0.39 is 0 Å². The molecular weight excluding hydrogens is 270 g/mol. The molecule has 1 aliphatic heterocycles. The molecule has 0 aliphatic carbocycles. The van der Waals surface area contributed by atoms with E-state index >= 15 is 0 Å². The van der Waals surface area contributed by atoms with E-state index in [-0.39, 0.29) is 23.8 Å². The number of carbonyl (C=O) groups excluding carboxylic acids is 1. The maximum Gasteiger partial charge on any atom is 0.230 e. The minimum Gasteiger partial charge on any atom is -0.409 e. The Bertz CT molecular complexity index is 557. The number of rotatable bonds is 4. The zero-order valence-electron chi connectivity index (χ0n) is 12.3. The predicted octanol–water partition coefficient (Wildman–Crippen LogP) is 1.84. The fourth-order valence-corrected chi connectivity index (χ4v) is 2.55. The number of oxime groups is 1. The highest BCUT2D eigenvalue weighted by Crippen LogP contribution is 2.26. The number of nitrogens with zero attached hydrogens (tertiary/aromatic N) is 1. The highest BCUT2D eigenvalue weighted by molar-refractivity contribution is 6.00. The Balaban J connectivity index is 2.17. The van der Waals surface area contributed by atoms with Crippen molar-refractivity contribution < 1.29 is 14.7 Å². The summed E-state index contributed by atoms with van der Waals surface area (Å²) >= 11 is 0. The van der Waals surface area contributed by atoms with Crippen LogP contribution in [0.5, 0.6) is 0 Å². The smallest absolute Gasteiger partial charge is 0.230 e. The highest BCUT2D eigenvalue weighted by Gasteiger charge is 2.32. The lowest BCUT2D eigenvalue weighted by Crippen LogP contribution is -2.29. The van der Waals surface area contributed by atoms with Gasteiger partial charge in [0.05, 0.1) is 12.0 Å². The molecule has 0 aromatic heterocycles. The van der Waals surface area contributed by atoms with Crippen LogP contribution in [-0.4, -0.2) is 29.7 Å². The zero-order valence-corrected chi connectivity index (χ0v) is 12.3. The third kappa shape index (κ3) is 3.33. The van der Waals surface area contributed by atoms with Crippen LogP contribution in [0.15, 0.2) is 23.4 Å². The number of nitrogens with two attached hydrogens (primary N) is 1. The van der Waals surface area contributed by atoms with E-state index in [9.17, 15) is 4.79 Å². The van der Waals surface area contributed by atoms with Crippen LogP contribution in [0.2, 0.25) is 0 Å². The molecular formula is C15H21N3O3. The van der Waals surface area contributed by atoms with Gasteiger partial charge in [-0.25, -0.2) is 0 Å². The summed E-state index contributed by atoms with van der Waals surface area (Å²) in [6.45, 7) is 4.54. The van der Waals surface area contributed by atoms with Gasteiger partial charge in [-0.3, -0.25) is 4.79 Å². The number of amidine groups is 1. The van der Waals surface area contributed by atoms with Crippen molar-refractivity contribution in [1.29, 1.82) is 0 Å². The SMILES string of the molecule is CCC1OCCC1C(=O)Nc1cc(/C(N)=N/O)ccc1C. The van der Waals surface area contributed by atoms with Gasteiger partial charge in [-0.15, -0.1) is 0 Å².